The van der Waals surface area contributed by atoms with Gasteiger partial charge in [-0.25, -0.2) is 9.37 Å². The van der Waals surface area contributed by atoms with Crippen LogP contribution in [0.4, 0.5) is 4.39 Å². The third kappa shape index (κ3) is 4.09. The van der Waals surface area contributed by atoms with Gasteiger partial charge in [0.2, 0.25) is 0 Å². The van der Waals surface area contributed by atoms with E-state index in [1.54, 1.807) is 6.07 Å². The third-order valence-corrected chi connectivity index (χ3v) is 2.83. The van der Waals surface area contributed by atoms with Crippen LogP contribution in [-0.2, 0) is 0 Å². The second-order valence-electron chi connectivity index (χ2n) is 4.23. The van der Waals surface area contributed by atoms with Gasteiger partial charge < -0.3 is 0 Å². The lowest BCUT2D eigenvalue weighted by Gasteiger charge is -2.07. The molecule has 0 saturated carbocycles. The summed E-state index contributed by atoms with van der Waals surface area (Å²) in [4.78, 5) is 8.47. The summed E-state index contributed by atoms with van der Waals surface area (Å²) in [6, 6.07) is 6.57. The minimum absolute atomic E-state index is 0.291. The molecule has 0 fully saturated rings. The van der Waals surface area contributed by atoms with E-state index in [2.05, 4.69) is 16.7 Å². The Labute approximate surface area is 125 Å². The zero-order valence-corrected chi connectivity index (χ0v) is 13.0. The number of hydrogen-bond donors (Lipinski definition) is 0. The van der Waals surface area contributed by atoms with Gasteiger partial charge in [-0.3, -0.25) is 4.99 Å². The van der Waals surface area contributed by atoms with E-state index in [-0.39, 0.29) is 5.82 Å². The van der Waals surface area contributed by atoms with E-state index in [1.165, 1.54) is 12.1 Å². The third-order valence-electron chi connectivity index (χ3n) is 2.83. The Hall–Kier alpha value is -2.29. The van der Waals surface area contributed by atoms with E-state index in [1.807, 2.05) is 52.0 Å². The Morgan fingerprint density at radius 3 is 2.62 bits per heavy atom. The fourth-order valence-electron chi connectivity index (χ4n) is 1.90. The Morgan fingerprint density at radius 1 is 1.29 bits per heavy atom. The molecular formula is C18H21FN2. The molecule has 2 nitrogen and oxygen atoms in total. The Kier molecular flexibility index (Phi) is 6.47. The van der Waals surface area contributed by atoms with Crippen LogP contribution in [0, 0.1) is 12.7 Å². The van der Waals surface area contributed by atoms with Gasteiger partial charge in [-0.05, 0) is 50.4 Å². The predicted molar refractivity (Wildman–Crippen MR) is 90.1 cm³/mol. The van der Waals surface area contributed by atoms with Crippen LogP contribution in [-0.4, -0.2) is 11.7 Å². The van der Waals surface area contributed by atoms with Gasteiger partial charge in [-0.15, -0.1) is 0 Å². The second-order valence-corrected chi connectivity index (χ2v) is 4.23. The minimum Gasteiger partial charge on any atom is -0.262 e. The van der Waals surface area contributed by atoms with Crippen LogP contribution < -0.4 is 0 Å². The number of rotatable bonds is 3. The number of nitrogens with zero attached hydrogens (tertiary/aromatic N) is 2. The summed E-state index contributed by atoms with van der Waals surface area (Å²) in [6.07, 6.45) is 5.62. The molecule has 0 spiro atoms. The van der Waals surface area contributed by atoms with E-state index in [0.717, 1.165) is 16.6 Å². The number of allylic oxidation sites excluding steroid dienone is 3. The summed E-state index contributed by atoms with van der Waals surface area (Å²) in [5.74, 6) is -0.291. The van der Waals surface area contributed by atoms with Crippen molar-refractivity contribution in [1.82, 2.24) is 4.98 Å². The van der Waals surface area contributed by atoms with Crippen molar-refractivity contribution < 1.29 is 4.39 Å². The number of fused-ring (bicyclic) bond motifs is 1. The molecule has 110 valence electrons. The number of aromatic nitrogens is 1. The Bertz CT molecular complexity index is 685. The molecule has 0 amide bonds. The van der Waals surface area contributed by atoms with Crippen molar-refractivity contribution in [2.75, 3.05) is 0 Å². The fraction of sp³-hybridized carbons (Fsp3) is 0.222. The van der Waals surface area contributed by atoms with E-state index in [9.17, 15) is 4.39 Å². The molecule has 0 saturated heterocycles. The standard InChI is InChI=1S/C16H15FN2.C2H6/c1-4-5-6-14(18-3)16-11(2)9-12-7-8-13(17)10-15(12)19-16;1-2/h4-10H,3H2,1-2H3;1-2H3/b5-4-,14-6-;. The molecule has 0 aliphatic heterocycles. The molecule has 1 aromatic carbocycles. The molecule has 0 aliphatic rings. The summed E-state index contributed by atoms with van der Waals surface area (Å²) < 4.78 is 13.3. The molecule has 0 radical (unpaired) electrons. The maximum absolute atomic E-state index is 13.3. The number of benzene rings is 1. The summed E-state index contributed by atoms with van der Waals surface area (Å²) in [7, 11) is 0. The summed E-state index contributed by atoms with van der Waals surface area (Å²) in [5.41, 5.74) is 3.02. The maximum Gasteiger partial charge on any atom is 0.125 e. The van der Waals surface area contributed by atoms with Crippen LogP contribution in [0.15, 0.2) is 47.5 Å². The molecule has 1 heterocycles. The summed E-state index contributed by atoms with van der Waals surface area (Å²) in [5, 5.41) is 0.914. The molecule has 0 unspecified atom stereocenters. The first-order valence-corrected chi connectivity index (χ1v) is 7.02. The van der Waals surface area contributed by atoms with Crippen LogP contribution in [0.5, 0.6) is 0 Å². The average Bonchev–Trinajstić information content (AvgIpc) is 2.50. The van der Waals surface area contributed by atoms with Crippen LogP contribution in [0.1, 0.15) is 32.0 Å². The molecule has 2 rings (SSSR count). The van der Waals surface area contributed by atoms with Crippen molar-refractivity contribution in [3.63, 3.8) is 0 Å². The summed E-state index contributed by atoms with van der Waals surface area (Å²) >= 11 is 0. The zero-order valence-electron chi connectivity index (χ0n) is 13.0. The topological polar surface area (TPSA) is 25.2 Å². The highest BCUT2D eigenvalue weighted by molar-refractivity contribution is 5.83. The number of halogens is 1. The normalized spacial score (nSPS) is 11.4. The van der Waals surface area contributed by atoms with E-state index in [0.29, 0.717) is 11.2 Å². The lowest BCUT2D eigenvalue weighted by atomic mass is 10.1. The monoisotopic (exact) mass is 284 g/mol. The van der Waals surface area contributed by atoms with Crippen molar-refractivity contribution >= 4 is 23.3 Å². The molecule has 0 bridgehead atoms. The van der Waals surface area contributed by atoms with Crippen molar-refractivity contribution in [2.24, 2.45) is 4.99 Å². The minimum atomic E-state index is -0.291. The fourth-order valence-corrected chi connectivity index (χ4v) is 1.90. The number of aryl methyl sites for hydroxylation is 1. The molecule has 21 heavy (non-hydrogen) atoms. The van der Waals surface area contributed by atoms with Crippen molar-refractivity contribution in [3.05, 3.63) is 59.6 Å². The highest BCUT2D eigenvalue weighted by Crippen LogP contribution is 2.23. The van der Waals surface area contributed by atoms with E-state index in [4.69, 9.17) is 0 Å². The van der Waals surface area contributed by atoms with Gasteiger partial charge in [-0.2, -0.15) is 0 Å². The number of aliphatic imine (C=N–C) groups is 1. The molecule has 0 atom stereocenters. The molecule has 3 heteroatoms. The first kappa shape index (κ1) is 16.8. The van der Waals surface area contributed by atoms with Crippen molar-refractivity contribution in [3.8, 4) is 0 Å². The first-order chi connectivity index (χ1) is 10.2. The largest absolute Gasteiger partial charge is 0.262 e. The van der Waals surface area contributed by atoms with Crippen molar-refractivity contribution in [1.29, 1.82) is 0 Å². The summed E-state index contributed by atoms with van der Waals surface area (Å²) in [6.45, 7) is 11.4. The van der Waals surface area contributed by atoms with Crippen molar-refractivity contribution in [2.45, 2.75) is 27.7 Å². The van der Waals surface area contributed by atoms with Gasteiger partial charge in [0, 0.05) is 11.5 Å². The molecule has 1 aromatic heterocycles. The molecular weight excluding hydrogens is 263 g/mol. The maximum atomic E-state index is 13.3. The van der Waals surface area contributed by atoms with Crippen LogP contribution in [0.3, 0.4) is 0 Å². The van der Waals surface area contributed by atoms with Gasteiger partial charge in [0.25, 0.3) is 0 Å². The first-order valence-electron chi connectivity index (χ1n) is 7.02. The van der Waals surface area contributed by atoms with Gasteiger partial charge in [0.05, 0.1) is 16.9 Å². The van der Waals surface area contributed by atoms with Crippen LogP contribution in [0.2, 0.25) is 0 Å². The zero-order chi connectivity index (χ0) is 15.8. The lowest BCUT2D eigenvalue weighted by Crippen LogP contribution is -1.94. The quantitative estimate of drug-likeness (QED) is 0.552. The van der Waals surface area contributed by atoms with Crippen LogP contribution >= 0.6 is 0 Å². The van der Waals surface area contributed by atoms with Crippen LogP contribution in [0.25, 0.3) is 16.6 Å². The van der Waals surface area contributed by atoms with E-state index < -0.39 is 0 Å². The lowest BCUT2D eigenvalue weighted by molar-refractivity contribution is 0.629. The SMILES string of the molecule is C=N/C(=C\C=C/C)c1nc2cc(F)ccc2cc1C.CC. The Balaban J connectivity index is 0.00000106. The molecule has 0 aliphatic carbocycles. The molecule has 2 aromatic rings. The highest BCUT2D eigenvalue weighted by atomic mass is 19.1. The highest BCUT2D eigenvalue weighted by Gasteiger charge is 2.07. The van der Waals surface area contributed by atoms with Gasteiger partial charge in [-0.1, -0.05) is 26.0 Å². The van der Waals surface area contributed by atoms with E-state index >= 15 is 0 Å². The number of pyridine rings is 1. The van der Waals surface area contributed by atoms with Gasteiger partial charge >= 0.3 is 0 Å². The van der Waals surface area contributed by atoms with Gasteiger partial charge in [0.15, 0.2) is 0 Å². The number of hydrogen-bond acceptors (Lipinski definition) is 2. The molecule has 0 N–H and O–H groups in total. The predicted octanol–water partition coefficient (Wildman–Crippen LogP) is 5.33. The Morgan fingerprint density at radius 2 is 2.00 bits per heavy atom. The second kappa shape index (κ2) is 8.10. The smallest absolute Gasteiger partial charge is 0.125 e. The van der Waals surface area contributed by atoms with Gasteiger partial charge in [0.1, 0.15) is 5.82 Å². The average molecular weight is 284 g/mol.